The molecule has 0 aromatic carbocycles. The Hall–Kier alpha value is -1.01. The number of fused-ring (bicyclic) bond motifs is 1. The summed E-state index contributed by atoms with van der Waals surface area (Å²) in [5, 5.41) is -0.376. The Balaban J connectivity index is 2.27. The number of rotatable bonds is 2. The summed E-state index contributed by atoms with van der Waals surface area (Å²) in [6.07, 6.45) is 3.87. The second-order valence-corrected chi connectivity index (χ2v) is 6.66. The van der Waals surface area contributed by atoms with Crippen LogP contribution in [0.4, 0.5) is 0 Å². The van der Waals surface area contributed by atoms with Crippen molar-refractivity contribution in [3.63, 3.8) is 0 Å². The zero-order valence-electron chi connectivity index (χ0n) is 9.42. The first-order chi connectivity index (χ1) is 7.51. The highest BCUT2D eigenvalue weighted by molar-refractivity contribution is 7.89. The number of aromatic nitrogens is 2. The third-order valence-electron chi connectivity index (χ3n) is 2.78. The normalized spacial score (nSPS) is 17.4. The van der Waals surface area contributed by atoms with Crippen molar-refractivity contribution in [2.75, 3.05) is 6.54 Å². The molecule has 0 fully saturated rings. The van der Waals surface area contributed by atoms with Gasteiger partial charge in [0.2, 0.25) is 10.0 Å². The lowest BCUT2D eigenvalue weighted by Crippen LogP contribution is -2.40. The first kappa shape index (κ1) is 11.5. The van der Waals surface area contributed by atoms with Gasteiger partial charge in [0.1, 0.15) is 6.33 Å². The van der Waals surface area contributed by atoms with Gasteiger partial charge < -0.3 is 0 Å². The molecule has 1 aliphatic rings. The molecule has 2 heterocycles. The lowest BCUT2D eigenvalue weighted by atomic mass is 10.1. The van der Waals surface area contributed by atoms with Gasteiger partial charge in [-0.2, -0.15) is 4.31 Å². The SMILES string of the molecule is CC(C)S(=O)(=O)N1CCc2ncncc2C1. The largest absolute Gasteiger partial charge is 0.244 e. The zero-order chi connectivity index (χ0) is 11.8. The predicted molar refractivity (Wildman–Crippen MR) is 60.2 cm³/mol. The highest BCUT2D eigenvalue weighted by Gasteiger charge is 2.29. The monoisotopic (exact) mass is 241 g/mol. The first-order valence-electron chi connectivity index (χ1n) is 5.28. The number of hydrogen-bond acceptors (Lipinski definition) is 4. The van der Waals surface area contributed by atoms with E-state index in [-0.39, 0.29) is 5.25 Å². The van der Waals surface area contributed by atoms with E-state index in [1.54, 1.807) is 20.0 Å². The van der Waals surface area contributed by atoms with Gasteiger partial charge in [0.05, 0.1) is 5.25 Å². The second-order valence-electron chi connectivity index (χ2n) is 4.17. The third-order valence-corrected chi connectivity index (χ3v) is 5.00. The van der Waals surface area contributed by atoms with E-state index in [2.05, 4.69) is 9.97 Å². The quantitative estimate of drug-likeness (QED) is 0.759. The summed E-state index contributed by atoms with van der Waals surface area (Å²) in [6.45, 7) is 4.32. The maximum atomic E-state index is 12.0. The number of hydrogen-bond donors (Lipinski definition) is 0. The van der Waals surface area contributed by atoms with E-state index >= 15 is 0 Å². The van der Waals surface area contributed by atoms with Gasteiger partial charge in [0.15, 0.2) is 0 Å². The van der Waals surface area contributed by atoms with E-state index in [1.807, 2.05) is 0 Å². The summed E-state index contributed by atoms with van der Waals surface area (Å²) < 4.78 is 25.5. The molecular weight excluding hydrogens is 226 g/mol. The predicted octanol–water partition coefficient (Wildman–Crippen LogP) is 0.573. The van der Waals surface area contributed by atoms with Crippen molar-refractivity contribution in [2.24, 2.45) is 0 Å². The van der Waals surface area contributed by atoms with Crippen LogP contribution in [-0.2, 0) is 23.0 Å². The Bertz CT molecular complexity index is 485. The van der Waals surface area contributed by atoms with E-state index in [0.717, 1.165) is 11.3 Å². The van der Waals surface area contributed by atoms with E-state index in [1.165, 1.54) is 10.6 Å². The third kappa shape index (κ3) is 1.94. The minimum atomic E-state index is -3.16. The minimum absolute atomic E-state index is 0.376. The van der Waals surface area contributed by atoms with Crippen LogP contribution in [-0.4, -0.2) is 34.5 Å². The van der Waals surface area contributed by atoms with Gasteiger partial charge >= 0.3 is 0 Å². The summed E-state index contributed by atoms with van der Waals surface area (Å²) in [4.78, 5) is 8.07. The van der Waals surface area contributed by atoms with Crippen molar-refractivity contribution >= 4 is 10.0 Å². The van der Waals surface area contributed by atoms with Crippen LogP contribution in [0.3, 0.4) is 0 Å². The maximum Gasteiger partial charge on any atom is 0.216 e. The Kier molecular flexibility index (Phi) is 2.94. The summed E-state index contributed by atoms with van der Waals surface area (Å²) in [7, 11) is -3.16. The smallest absolute Gasteiger partial charge is 0.216 e. The summed E-state index contributed by atoms with van der Waals surface area (Å²) >= 11 is 0. The van der Waals surface area contributed by atoms with Crippen LogP contribution in [0.15, 0.2) is 12.5 Å². The molecule has 0 radical (unpaired) electrons. The van der Waals surface area contributed by atoms with Crippen LogP contribution in [0, 0.1) is 0 Å². The fourth-order valence-electron chi connectivity index (χ4n) is 1.76. The second kappa shape index (κ2) is 4.10. The Labute approximate surface area is 95.6 Å². The van der Waals surface area contributed by atoms with Gasteiger partial charge in [-0.1, -0.05) is 0 Å². The van der Waals surface area contributed by atoms with Crippen molar-refractivity contribution in [3.8, 4) is 0 Å². The van der Waals surface area contributed by atoms with Crippen molar-refractivity contribution < 1.29 is 8.42 Å². The fraction of sp³-hybridized carbons (Fsp3) is 0.600. The molecule has 0 N–H and O–H groups in total. The number of sulfonamides is 1. The summed E-state index contributed by atoms with van der Waals surface area (Å²) in [5.41, 5.74) is 1.88. The Morgan fingerprint density at radius 1 is 1.44 bits per heavy atom. The molecule has 0 unspecified atom stereocenters. The number of nitrogens with zero attached hydrogens (tertiary/aromatic N) is 3. The Morgan fingerprint density at radius 3 is 2.88 bits per heavy atom. The van der Waals surface area contributed by atoms with Gasteiger partial charge in [-0.3, -0.25) is 0 Å². The van der Waals surface area contributed by atoms with Gasteiger partial charge in [0, 0.05) is 37.0 Å². The van der Waals surface area contributed by atoms with Crippen LogP contribution in [0.5, 0.6) is 0 Å². The lowest BCUT2D eigenvalue weighted by Gasteiger charge is -2.28. The fourth-order valence-corrected chi connectivity index (χ4v) is 3.02. The van der Waals surface area contributed by atoms with Gasteiger partial charge in [-0.25, -0.2) is 18.4 Å². The van der Waals surface area contributed by atoms with Crippen molar-refractivity contribution in [3.05, 3.63) is 23.8 Å². The average Bonchev–Trinajstić information content (AvgIpc) is 2.28. The molecule has 0 amide bonds. The molecule has 0 saturated carbocycles. The van der Waals surface area contributed by atoms with Crippen molar-refractivity contribution in [2.45, 2.75) is 32.1 Å². The van der Waals surface area contributed by atoms with E-state index < -0.39 is 10.0 Å². The van der Waals surface area contributed by atoms with Crippen LogP contribution >= 0.6 is 0 Å². The molecule has 1 aromatic rings. The standard InChI is InChI=1S/C10H15N3O2S/c1-8(2)16(14,15)13-4-3-10-9(6-13)5-11-7-12-10/h5,7-8H,3-4,6H2,1-2H3. The highest BCUT2D eigenvalue weighted by Crippen LogP contribution is 2.20. The molecule has 0 spiro atoms. The van der Waals surface area contributed by atoms with E-state index in [9.17, 15) is 8.42 Å². The topological polar surface area (TPSA) is 63.2 Å². The van der Waals surface area contributed by atoms with Gasteiger partial charge in [-0.05, 0) is 13.8 Å². The first-order valence-corrected chi connectivity index (χ1v) is 6.79. The molecule has 1 aliphatic heterocycles. The van der Waals surface area contributed by atoms with Crippen molar-refractivity contribution in [1.82, 2.24) is 14.3 Å². The van der Waals surface area contributed by atoms with Gasteiger partial charge in [0.25, 0.3) is 0 Å². The van der Waals surface area contributed by atoms with E-state index in [0.29, 0.717) is 19.5 Å². The van der Waals surface area contributed by atoms with Crippen LogP contribution in [0.1, 0.15) is 25.1 Å². The van der Waals surface area contributed by atoms with Gasteiger partial charge in [-0.15, -0.1) is 0 Å². The van der Waals surface area contributed by atoms with Crippen molar-refractivity contribution in [1.29, 1.82) is 0 Å². The molecule has 1 aromatic heterocycles. The molecule has 16 heavy (non-hydrogen) atoms. The molecule has 0 saturated heterocycles. The van der Waals surface area contributed by atoms with Crippen LogP contribution in [0.25, 0.3) is 0 Å². The summed E-state index contributed by atoms with van der Waals surface area (Å²) in [5.74, 6) is 0. The molecule has 0 bridgehead atoms. The zero-order valence-corrected chi connectivity index (χ0v) is 10.2. The van der Waals surface area contributed by atoms with Crippen LogP contribution in [0.2, 0.25) is 0 Å². The average molecular weight is 241 g/mol. The minimum Gasteiger partial charge on any atom is -0.244 e. The molecule has 88 valence electrons. The maximum absolute atomic E-state index is 12.0. The van der Waals surface area contributed by atoms with E-state index in [4.69, 9.17) is 0 Å². The summed E-state index contributed by atoms with van der Waals surface area (Å²) in [6, 6.07) is 0. The van der Waals surface area contributed by atoms with Crippen LogP contribution < -0.4 is 0 Å². The lowest BCUT2D eigenvalue weighted by molar-refractivity contribution is 0.382. The molecule has 2 rings (SSSR count). The highest BCUT2D eigenvalue weighted by atomic mass is 32.2. The molecule has 6 heteroatoms. The molecule has 0 atom stereocenters. The molecule has 0 aliphatic carbocycles. The Morgan fingerprint density at radius 2 is 2.19 bits per heavy atom. The molecular formula is C10H15N3O2S. The molecule has 5 nitrogen and oxygen atoms in total.